The van der Waals surface area contributed by atoms with Crippen LogP contribution in [0.2, 0.25) is 0 Å². The Kier molecular flexibility index (Phi) is 2.76. The second kappa shape index (κ2) is 4.27. The lowest BCUT2D eigenvalue weighted by atomic mass is 10.1. The molecule has 3 rings (SSSR count). The van der Waals surface area contributed by atoms with E-state index in [1.54, 1.807) is 0 Å². The molecule has 4 nitrogen and oxygen atoms in total. The van der Waals surface area contributed by atoms with Crippen LogP contribution < -0.4 is 10.6 Å². The van der Waals surface area contributed by atoms with Gasteiger partial charge in [-0.3, -0.25) is 0 Å². The molecule has 2 saturated heterocycles. The van der Waals surface area contributed by atoms with Crippen LogP contribution in [0.25, 0.3) is 0 Å². The van der Waals surface area contributed by atoms with Crippen molar-refractivity contribution in [2.75, 3.05) is 18.0 Å². The Morgan fingerprint density at radius 1 is 1.41 bits per heavy atom. The van der Waals surface area contributed by atoms with E-state index in [-0.39, 0.29) is 6.04 Å². The van der Waals surface area contributed by atoms with Crippen LogP contribution in [0.5, 0.6) is 0 Å². The van der Waals surface area contributed by atoms with Crippen molar-refractivity contribution in [1.82, 2.24) is 4.98 Å². The standard InChI is InChI=1S/C13H19N3O/c1-9(14)10-4-5-15-13(6-10)16-7-11-2-3-12(8-16)17-11/h4-6,9,11-12H,2-3,7-8,14H2,1H3/t9-,11?,12?/m0/s1. The zero-order valence-corrected chi connectivity index (χ0v) is 10.2. The summed E-state index contributed by atoms with van der Waals surface area (Å²) < 4.78 is 5.83. The number of anilines is 1. The van der Waals surface area contributed by atoms with Crippen LogP contribution in [-0.2, 0) is 4.74 Å². The summed E-state index contributed by atoms with van der Waals surface area (Å²) in [6.07, 6.45) is 5.03. The first-order valence-electron chi connectivity index (χ1n) is 6.34. The van der Waals surface area contributed by atoms with Gasteiger partial charge in [0.25, 0.3) is 0 Å². The Labute approximate surface area is 102 Å². The van der Waals surface area contributed by atoms with Gasteiger partial charge in [0.2, 0.25) is 0 Å². The number of aromatic nitrogens is 1. The van der Waals surface area contributed by atoms with Gasteiger partial charge in [0.1, 0.15) is 5.82 Å². The van der Waals surface area contributed by atoms with E-state index in [4.69, 9.17) is 10.5 Å². The van der Waals surface area contributed by atoms with E-state index in [1.807, 2.05) is 19.2 Å². The minimum Gasteiger partial charge on any atom is -0.371 e. The molecule has 0 aliphatic carbocycles. The number of ether oxygens (including phenoxy) is 1. The Morgan fingerprint density at radius 3 is 2.76 bits per heavy atom. The van der Waals surface area contributed by atoms with Crippen LogP contribution in [0.15, 0.2) is 18.3 Å². The normalized spacial score (nSPS) is 29.4. The van der Waals surface area contributed by atoms with Gasteiger partial charge in [-0.15, -0.1) is 0 Å². The van der Waals surface area contributed by atoms with E-state index in [1.165, 1.54) is 12.8 Å². The lowest BCUT2D eigenvalue weighted by Gasteiger charge is -2.33. The predicted octanol–water partition coefficient (Wildman–Crippen LogP) is 1.47. The molecule has 2 N–H and O–H groups in total. The lowest BCUT2D eigenvalue weighted by molar-refractivity contribution is 0.0302. The summed E-state index contributed by atoms with van der Waals surface area (Å²) in [6, 6.07) is 4.16. The monoisotopic (exact) mass is 233 g/mol. The van der Waals surface area contributed by atoms with Gasteiger partial charge in [-0.2, -0.15) is 0 Å². The molecule has 1 aromatic heterocycles. The number of hydrogen-bond acceptors (Lipinski definition) is 4. The maximum absolute atomic E-state index is 5.91. The first-order chi connectivity index (χ1) is 8.22. The number of nitrogens with two attached hydrogens (primary N) is 1. The molecule has 2 aliphatic heterocycles. The maximum atomic E-state index is 5.91. The van der Waals surface area contributed by atoms with E-state index in [0.29, 0.717) is 12.2 Å². The molecular formula is C13H19N3O. The SMILES string of the molecule is C[C@H](N)c1ccnc(N2CC3CCC(C2)O3)c1. The fourth-order valence-corrected chi connectivity index (χ4v) is 2.69. The summed E-state index contributed by atoms with van der Waals surface area (Å²) in [4.78, 5) is 6.79. The first-order valence-corrected chi connectivity index (χ1v) is 6.34. The third-order valence-corrected chi connectivity index (χ3v) is 3.66. The molecule has 2 unspecified atom stereocenters. The van der Waals surface area contributed by atoms with Crippen molar-refractivity contribution in [2.45, 2.75) is 38.0 Å². The number of pyridine rings is 1. The highest BCUT2D eigenvalue weighted by atomic mass is 16.5. The van der Waals surface area contributed by atoms with Crippen molar-refractivity contribution in [2.24, 2.45) is 5.73 Å². The van der Waals surface area contributed by atoms with Gasteiger partial charge in [0, 0.05) is 25.3 Å². The van der Waals surface area contributed by atoms with Crippen LogP contribution >= 0.6 is 0 Å². The van der Waals surface area contributed by atoms with E-state index in [9.17, 15) is 0 Å². The molecule has 0 aromatic carbocycles. The summed E-state index contributed by atoms with van der Waals surface area (Å²) in [5.41, 5.74) is 7.06. The van der Waals surface area contributed by atoms with Gasteiger partial charge in [0.15, 0.2) is 0 Å². The van der Waals surface area contributed by atoms with Crippen molar-refractivity contribution < 1.29 is 4.74 Å². The lowest BCUT2D eigenvalue weighted by Crippen LogP contribution is -2.43. The average Bonchev–Trinajstić information content (AvgIpc) is 2.68. The topological polar surface area (TPSA) is 51.4 Å². The molecule has 2 aliphatic rings. The molecule has 0 radical (unpaired) electrons. The van der Waals surface area contributed by atoms with Gasteiger partial charge < -0.3 is 15.4 Å². The third-order valence-electron chi connectivity index (χ3n) is 3.66. The highest BCUT2D eigenvalue weighted by molar-refractivity contribution is 5.42. The highest BCUT2D eigenvalue weighted by Gasteiger charge is 2.34. The Morgan fingerprint density at radius 2 is 2.12 bits per heavy atom. The zero-order valence-electron chi connectivity index (χ0n) is 10.2. The molecule has 4 heteroatoms. The van der Waals surface area contributed by atoms with Crippen molar-refractivity contribution in [3.63, 3.8) is 0 Å². The summed E-state index contributed by atoms with van der Waals surface area (Å²) >= 11 is 0. The number of morpholine rings is 1. The first kappa shape index (κ1) is 11.0. The van der Waals surface area contributed by atoms with Crippen LogP contribution in [0.1, 0.15) is 31.4 Å². The molecule has 1 aromatic rings. The third kappa shape index (κ3) is 2.15. The molecular weight excluding hydrogens is 214 g/mol. The molecule has 2 fully saturated rings. The van der Waals surface area contributed by atoms with Crippen molar-refractivity contribution in [3.8, 4) is 0 Å². The second-order valence-corrected chi connectivity index (χ2v) is 5.10. The number of hydrogen-bond donors (Lipinski definition) is 1. The van der Waals surface area contributed by atoms with Gasteiger partial charge in [-0.05, 0) is 37.5 Å². The largest absolute Gasteiger partial charge is 0.371 e. The fourth-order valence-electron chi connectivity index (χ4n) is 2.69. The summed E-state index contributed by atoms with van der Waals surface area (Å²) in [5, 5.41) is 0. The fraction of sp³-hybridized carbons (Fsp3) is 0.615. The van der Waals surface area contributed by atoms with Crippen LogP contribution in [0.4, 0.5) is 5.82 Å². The van der Waals surface area contributed by atoms with Crippen LogP contribution in [0, 0.1) is 0 Å². The summed E-state index contributed by atoms with van der Waals surface area (Å²) in [7, 11) is 0. The molecule has 3 atom stereocenters. The quantitative estimate of drug-likeness (QED) is 0.840. The van der Waals surface area contributed by atoms with Crippen molar-refractivity contribution >= 4 is 5.82 Å². The second-order valence-electron chi connectivity index (χ2n) is 5.10. The van der Waals surface area contributed by atoms with Crippen LogP contribution in [0.3, 0.4) is 0 Å². The molecule has 17 heavy (non-hydrogen) atoms. The molecule has 0 saturated carbocycles. The maximum Gasteiger partial charge on any atom is 0.128 e. The van der Waals surface area contributed by atoms with Gasteiger partial charge in [0.05, 0.1) is 12.2 Å². The average molecular weight is 233 g/mol. The molecule has 0 spiro atoms. The van der Waals surface area contributed by atoms with Crippen molar-refractivity contribution in [1.29, 1.82) is 0 Å². The van der Waals surface area contributed by atoms with Gasteiger partial charge >= 0.3 is 0 Å². The molecule has 0 amide bonds. The number of fused-ring (bicyclic) bond motifs is 2. The Hall–Kier alpha value is -1.13. The number of nitrogens with zero attached hydrogens (tertiary/aromatic N) is 2. The molecule has 92 valence electrons. The summed E-state index contributed by atoms with van der Waals surface area (Å²) in [5.74, 6) is 1.04. The Bertz CT molecular complexity index is 395. The minimum atomic E-state index is 0.0644. The van der Waals surface area contributed by atoms with Gasteiger partial charge in [-0.25, -0.2) is 4.98 Å². The Balaban J connectivity index is 1.81. The highest BCUT2D eigenvalue weighted by Crippen LogP contribution is 2.29. The number of rotatable bonds is 2. The minimum absolute atomic E-state index is 0.0644. The smallest absolute Gasteiger partial charge is 0.128 e. The van der Waals surface area contributed by atoms with Crippen molar-refractivity contribution in [3.05, 3.63) is 23.9 Å². The predicted molar refractivity (Wildman–Crippen MR) is 66.9 cm³/mol. The van der Waals surface area contributed by atoms with E-state index >= 15 is 0 Å². The summed E-state index contributed by atoms with van der Waals surface area (Å²) in [6.45, 7) is 3.93. The molecule has 3 heterocycles. The molecule has 2 bridgehead atoms. The van der Waals surface area contributed by atoms with Crippen LogP contribution in [-0.4, -0.2) is 30.3 Å². The van der Waals surface area contributed by atoms with E-state index in [2.05, 4.69) is 16.0 Å². The van der Waals surface area contributed by atoms with Gasteiger partial charge in [-0.1, -0.05) is 0 Å². The van der Waals surface area contributed by atoms with E-state index < -0.39 is 0 Å². The zero-order chi connectivity index (χ0) is 11.8. The van der Waals surface area contributed by atoms with E-state index in [0.717, 1.165) is 24.5 Å².